The molecule has 0 unspecified atom stereocenters. The maximum Gasteiger partial charge on any atom is 0.226 e. The van der Waals surface area contributed by atoms with Gasteiger partial charge in [0.15, 0.2) is 0 Å². The van der Waals surface area contributed by atoms with Crippen LogP contribution in [0.3, 0.4) is 0 Å². The Bertz CT molecular complexity index is 447. The van der Waals surface area contributed by atoms with Gasteiger partial charge in [-0.15, -0.1) is 0 Å². The first-order valence-corrected chi connectivity index (χ1v) is 6.95. The maximum atomic E-state index is 12.0. The lowest BCUT2D eigenvalue weighted by atomic mass is 9.94. The first-order valence-electron chi connectivity index (χ1n) is 6.95. The van der Waals surface area contributed by atoms with Crippen LogP contribution in [-0.2, 0) is 4.79 Å². The highest BCUT2D eigenvalue weighted by Crippen LogP contribution is 2.21. The van der Waals surface area contributed by atoms with E-state index in [2.05, 4.69) is 0 Å². The molecule has 0 saturated carbocycles. The van der Waals surface area contributed by atoms with Crippen molar-refractivity contribution in [2.24, 2.45) is 0 Å². The molecule has 0 bridgehead atoms. The van der Waals surface area contributed by atoms with Gasteiger partial charge in [-0.3, -0.25) is 4.79 Å². The predicted octanol–water partition coefficient (Wildman–Crippen LogP) is 1.41. The number of hydrogen-bond acceptors (Lipinski definition) is 4. The van der Waals surface area contributed by atoms with E-state index in [1.807, 2.05) is 6.92 Å². The lowest BCUT2D eigenvalue weighted by molar-refractivity contribution is -0.135. The van der Waals surface area contributed by atoms with Crippen molar-refractivity contribution in [1.29, 1.82) is 0 Å². The number of nitrogens with zero attached hydrogens (tertiary/aromatic N) is 1. The van der Waals surface area contributed by atoms with Crippen LogP contribution in [0.2, 0.25) is 0 Å². The van der Waals surface area contributed by atoms with Crippen LogP contribution in [0.5, 0.6) is 5.75 Å². The second-order valence-corrected chi connectivity index (χ2v) is 5.55. The first kappa shape index (κ1) is 14.7. The molecule has 0 aliphatic carbocycles. The van der Waals surface area contributed by atoms with Gasteiger partial charge < -0.3 is 20.5 Å². The fourth-order valence-corrected chi connectivity index (χ4v) is 2.22. The number of amides is 1. The van der Waals surface area contributed by atoms with E-state index < -0.39 is 5.60 Å². The van der Waals surface area contributed by atoms with Crippen molar-refractivity contribution in [3.63, 3.8) is 0 Å². The molecule has 1 fully saturated rings. The summed E-state index contributed by atoms with van der Waals surface area (Å²) in [7, 11) is 0. The molecule has 0 aromatic heterocycles. The Morgan fingerprint density at radius 3 is 2.55 bits per heavy atom. The van der Waals surface area contributed by atoms with Gasteiger partial charge in [-0.05, 0) is 44.0 Å². The van der Waals surface area contributed by atoms with Crippen LogP contribution in [0.1, 0.15) is 26.2 Å². The molecule has 0 spiro atoms. The number of piperidine rings is 1. The number of carbonyl (C=O) groups excluding carboxylic acids is 1. The van der Waals surface area contributed by atoms with E-state index in [0.717, 1.165) is 0 Å². The third-order valence-corrected chi connectivity index (χ3v) is 3.66. The number of carbonyl (C=O) groups is 1. The van der Waals surface area contributed by atoms with Crippen LogP contribution in [0.4, 0.5) is 5.69 Å². The van der Waals surface area contributed by atoms with Crippen molar-refractivity contribution >= 4 is 11.6 Å². The third kappa shape index (κ3) is 4.13. The van der Waals surface area contributed by atoms with E-state index in [1.165, 1.54) is 0 Å². The van der Waals surface area contributed by atoms with Gasteiger partial charge in [0.2, 0.25) is 5.91 Å². The largest absolute Gasteiger partial charge is 0.493 e. The van der Waals surface area contributed by atoms with E-state index in [0.29, 0.717) is 50.4 Å². The third-order valence-electron chi connectivity index (χ3n) is 3.66. The van der Waals surface area contributed by atoms with Crippen LogP contribution in [-0.4, -0.2) is 41.2 Å². The average molecular weight is 278 g/mol. The number of aliphatic hydroxyl groups is 1. The minimum Gasteiger partial charge on any atom is -0.493 e. The van der Waals surface area contributed by atoms with Crippen molar-refractivity contribution in [3.8, 4) is 5.75 Å². The Morgan fingerprint density at radius 2 is 1.95 bits per heavy atom. The summed E-state index contributed by atoms with van der Waals surface area (Å²) in [6.07, 6.45) is 1.63. The van der Waals surface area contributed by atoms with Crippen LogP contribution in [0.25, 0.3) is 0 Å². The Hall–Kier alpha value is -1.75. The molecule has 110 valence electrons. The molecular formula is C15H22N2O3. The zero-order chi connectivity index (χ0) is 14.6. The standard InChI is InChI=1S/C15H22N2O3/c1-15(19)7-9-17(10-8-15)14(18)6-11-20-13-4-2-12(16)3-5-13/h2-5,19H,6-11,16H2,1H3. The number of nitrogen functional groups attached to an aromatic ring is 1. The SMILES string of the molecule is CC1(O)CCN(C(=O)CCOc2ccc(N)cc2)CC1. The zero-order valence-electron chi connectivity index (χ0n) is 11.8. The van der Waals surface area contributed by atoms with Gasteiger partial charge in [-0.25, -0.2) is 0 Å². The second kappa shape index (κ2) is 6.13. The molecule has 1 saturated heterocycles. The van der Waals surface area contributed by atoms with Crippen LogP contribution in [0.15, 0.2) is 24.3 Å². The van der Waals surface area contributed by atoms with Gasteiger partial charge in [-0.1, -0.05) is 0 Å². The molecule has 5 nitrogen and oxygen atoms in total. The van der Waals surface area contributed by atoms with Crippen molar-refractivity contribution in [2.75, 3.05) is 25.4 Å². The van der Waals surface area contributed by atoms with E-state index in [9.17, 15) is 9.90 Å². The Morgan fingerprint density at radius 1 is 1.35 bits per heavy atom. The smallest absolute Gasteiger partial charge is 0.226 e. The fourth-order valence-electron chi connectivity index (χ4n) is 2.22. The average Bonchev–Trinajstić information content (AvgIpc) is 2.41. The highest BCUT2D eigenvalue weighted by molar-refractivity contribution is 5.76. The quantitative estimate of drug-likeness (QED) is 0.817. The summed E-state index contributed by atoms with van der Waals surface area (Å²) < 4.78 is 5.51. The van der Waals surface area contributed by atoms with Crippen LogP contribution in [0, 0.1) is 0 Å². The number of anilines is 1. The fraction of sp³-hybridized carbons (Fsp3) is 0.533. The molecule has 1 aromatic carbocycles. The summed E-state index contributed by atoms with van der Waals surface area (Å²) in [5, 5.41) is 9.85. The second-order valence-electron chi connectivity index (χ2n) is 5.55. The lowest BCUT2D eigenvalue weighted by Crippen LogP contribution is -2.45. The molecule has 1 heterocycles. The van der Waals surface area contributed by atoms with E-state index in [1.54, 1.807) is 29.2 Å². The summed E-state index contributed by atoms with van der Waals surface area (Å²) in [6, 6.07) is 7.11. The lowest BCUT2D eigenvalue weighted by Gasteiger charge is -2.35. The minimum atomic E-state index is -0.628. The number of likely N-dealkylation sites (tertiary alicyclic amines) is 1. The van der Waals surface area contributed by atoms with Crippen LogP contribution < -0.4 is 10.5 Å². The molecule has 2 rings (SSSR count). The molecule has 1 aromatic rings. The topological polar surface area (TPSA) is 75.8 Å². The highest BCUT2D eigenvalue weighted by Gasteiger charge is 2.29. The summed E-state index contributed by atoms with van der Waals surface area (Å²) in [6.45, 7) is 3.41. The summed E-state index contributed by atoms with van der Waals surface area (Å²) in [4.78, 5) is 13.8. The Kier molecular flexibility index (Phi) is 4.49. The number of ether oxygens (including phenoxy) is 1. The summed E-state index contributed by atoms with van der Waals surface area (Å²) >= 11 is 0. The number of hydrogen-bond donors (Lipinski definition) is 2. The van der Waals surface area contributed by atoms with Gasteiger partial charge in [0.05, 0.1) is 18.6 Å². The molecule has 1 aliphatic rings. The molecule has 20 heavy (non-hydrogen) atoms. The van der Waals surface area contributed by atoms with E-state index in [4.69, 9.17) is 10.5 Å². The van der Waals surface area contributed by atoms with E-state index in [-0.39, 0.29) is 5.91 Å². The van der Waals surface area contributed by atoms with Crippen molar-refractivity contribution < 1.29 is 14.6 Å². The zero-order valence-corrected chi connectivity index (χ0v) is 11.8. The van der Waals surface area contributed by atoms with Gasteiger partial charge in [-0.2, -0.15) is 0 Å². The number of nitrogens with two attached hydrogens (primary N) is 1. The van der Waals surface area contributed by atoms with Crippen molar-refractivity contribution in [1.82, 2.24) is 4.90 Å². The number of rotatable bonds is 4. The molecule has 0 radical (unpaired) electrons. The summed E-state index contributed by atoms with van der Waals surface area (Å²) in [5.74, 6) is 0.796. The Balaban J connectivity index is 1.71. The molecule has 3 N–H and O–H groups in total. The van der Waals surface area contributed by atoms with Gasteiger partial charge in [0.25, 0.3) is 0 Å². The molecular weight excluding hydrogens is 256 g/mol. The molecule has 1 amide bonds. The van der Waals surface area contributed by atoms with Gasteiger partial charge in [0, 0.05) is 18.8 Å². The monoisotopic (exact) mass is 278 g/mol. The normalized spacial score (nSPS) is 17.8. The van der Waals surface area contributed by atoms with Crippen molar-refractivity contribution in [2.45, 2.75) is 31.8 Å². The molecule has 0 atom stereocenters. The maximum absolute atomic E-state index is 12.0. The minimum absolute atomic E-state index is 0.0796. The van der Waals surface area contributed by atoms with Crippen LogP contribution >= 0.6 is 0 Å². The Labute approximate surface area is 119 Å². The van der Waals surface area contributed by atoms with Gasteiger partial charge in [0.1, 0.15) is 5.75 Å². The number of benzene rings is 1. The first-order chi connectivity index (χ1) is 9.46. The van der Waals surface area contributed by atoms with E-state index >= 15 is 0 Å². The molecule has 1 aliphatic heterocycles. The predicted molar refractivity (Wildman–Crippen MR) is 77.4 cm³/mol. The van der Waals surface area contributed by atoms with Crippen molar-refractivity contribution in [3.05, 3.63) is 24.3 Å². The summed E-state index contributed by atoms with van der Waals surface area (Å²) in [5.41, 5.74) is 5.65. The molecule has 5 heteroatoms. The van der Waals surface area contributed by atoms with Gasteiger partial charge >= 0.3 is 0 Å². The highest BCUT2D eigenvalue weighted by atomic mass is 16.5.